The molecule has 348 valence electrons. The number of imide groups is 2. The second-order valence-corrected chi connectivity index (χ2v) is 17.6. The van der Waals surface area contributed by atoms with Gasteiger partial charge in [-0.2, -0.15) is 0 Å². The lowest BCUT2D eigenvalue weighted by atomic mass is 9.87. The fourth-order valence-electron chi connectivity index (χ4n) is 8.63. The number of benzene rings is 4. The zero-order valence-corrected chi connectivity index (χ0v) is 39.7. The summed E-state index contributed by atoms with van der Waals surface area (Å²) in [5.74, 6) is 3.33. The Hall–Kier alpha value is -5.83. The maximum Gasteiger partial charge on any atom is 0.325 e. The highest BCUT2D eigenvalue weighted by Gasteiger charge is 2.52. The number of carbonyl (C=O) groups is 4. The van der Waals surface area contributed by atoms with Crippen molar-refractivity contribution in [3.05, 3.63) is 117 Å². The third-order valence-electron chi connectivity index (χ3n) is 13.0. The van der Waals surface area contributed by atoms with Gasteiger partial charge in [-0.25, -0.2) is 9.59 Å². The van der Waals surface area contributed by atoms with E-state index in [-0.39, 0.29) is 23.9 Å². The summed E-state index contributed by atoms with van der Waals surface area (Å²) >= 11 is 5.65. The van der Waals surface area contributed by atoms with Gasteiger partial charge in [0.15, 0.2) is 0 Å². The fourth-order valence-corrected chi connectivity index (χ4v) is 8.79. The minimum absolute atomic E-state index is 0.108. The van der Waals surface area contributed by atoms with Gasteiger partial charge in [-0.05, 0) is 122 Å². The van der Waals surface area contributed by atoms with Crippen molar-refractivity contribution < 1.29 is 38.1 Å². The lowest BCUT2D eigenvalue weighted by Crippen LogP contribution is -2.54. The van der Waals surface area contributed by atoms with Crippen molar-refractivity contribution in [2.24, 2.45) is 0 Å². The number of likely N-dealkylation sites (tertiary alicyclic amines) is 2. The molecule has 4 aromatic rings. The van der Waals surface area contributed by atoms with Gasteiger partial charge in [0.25, 0.3) is 11.8 Å². The molecule has 8 rings (SSSR count). The van der Waals surface area contributed by atoms with Crippen LogP contribution in [0.2, 0.25) is 0 Å². The number of aryl methyl sites for hydroxylation is 4. The number of nitrogens with zero attached hydrogens (tertiary/aromatic N) is 3. The van der Waals surface area contributed by atoms with Gasteiger partial charge in [0.2, 0.25) is 0 Å². The molecule has 0 saturated carbocycles. The molecule has 2 spiro atoms. The van der Waals surface area contributed by atoms with Crippen LogP contribution in [0.15, 0.2) is 72.8 Å². The number of methoxy groups -OCH3 is 4. The Kier molecular flexibility index (Phi) is 16.0. The molecule has 0 aliphatic carbocycles. The molecule has 0 aromatic heterocycles. The van der Waals surface area contributed by atoms with E-state index in [2.05, 4.69) is 64.7 Å². The molecule has 4 saturated heterocycles. The third-order valence-corrected chi connectivity index (χ3v) is 13.3. The Bertz CT molecular complexity index is 2310. The quantitative estimate of drug-likeness (QED) is 0.103. The number of alkyl halides is 1. The number of urea groups is 2. The lowest BCUT2D eigenvalue weighted by Gasteiger charge is -2.37. The van der Waals surface area contributed by atoms with Crippen LogP contribution < -0.4 is 34.9 Å². The molecule has 4 aliphatic rings. The molecular weight excluding hydrogens is 848 g/mol. The topological polar surface area (TPSA) is 151 Å². The van der Waals surface area contributed by atoms with Crippen LogP contribution in [0.3, 0.4) is 0 Å². The molecule has 4 aliphatic heterocycles. The molecule has 3 N–H and O–H groups in total. The van der Waals surface area contributed by atoms with Crippen LogP contribution in [0.25, 0.3) is 0 Å². The summed E-state index contributed by atoms with van der Waals surface area (Å²) in [6.07, 6.45) is 2.43. The summed E-state index contributed by atoms with van der Waals surface area (Å²) in [6.45, 7) is 13.0. The number of nitrogens with one attached hydrogen (secondary N) is 3. The van der Waals surface area contributed by atoms with E-state index in [0.29, 0.717) is 38.1 Å². The highest BCUT2D eigenvalue weighted by atomic mass is 35.5. The van der Waals surface area contributed by atoms with Gasteiger partial charge in [0, 0.05) is 57.3 Å². The van der Waals surface area contributed by atoms with Crippen LogP contribution in [0.5, 0.6) is 23.0 Å². The van der Waals surface area contributed by atoms with Crippen LogP contribution in [0, 0.1) is 27.7 Å². The number of hydrogen-bond donors (Lipinski definition) is 3. The van der Waals surface area contributed by atoms with Crippen LogP contribution in [-0.2, 0) is 35.1 Å². The predicted molar refractivity (Wildman–Crippen MR) is 251 cm³/mol. The summed E-state index contributed by atoms with van der Waals surface area (Å²) in [6, 6.07) is 23.3. The summed E-state index contributed by atoms with van der Waals surface area (Å²) in [5, 5.41) is 8.11. The highest BCUT2D eigenvalue weighted by Crippen LogP contribution is 2.33. The van der Waals surface area contributed by atoms with Gasteiger partial charge in [-0.15, -0.1) is 11.6 Å². The molecule has 4 heterocycles. The van der Waals surface area contributed by atoms with Crippen LogP contribution >= 0.6 is 11.6 Å². The second kappa shape index (κ2) is 21.4. The molecule has 6 amide bonds. The molecule has 4 aromatic carbocycles. The average Bonchev–Trinajstić information content (AvgIpc) is 3.71. The molecule has 14 nitrogen and oxygen atoms in total. The van der Waals surface area contributed by atoms with Crippen molar-refractivity contribution in [2.45, 2.75) is 90.0 Å². The van der Waals surface area contributed by atoms with Gasteiger partial charge in [0.05, 0.1) is 35.0 Å². The van der Waals surface area contributed by atoms with E-state index in [4.69, 9.17) is 30.5 Å². The zero-order valence-electron chi connectivity index (χ0n) is 38.9. The Balaban J connectivity index is 0.000000184. The largest absolute Gasteiger partial charge is 0.497 e. The third kappa shape index (κ3) is 11.9. The number of amides is 6. The lowest BCUT2D eigenvalue weighted by molar-refractivity contribution is -0.133. The van der Waals surface area contributed by atoms with Crippen molar-refractivity contribution in [3.8, 4) is 23.0 Å². The van der Waals surface area contributed by atoms with E-state index in [1.807, 2.05) is 61.5 Å². The van der Waals surface area contributed by atoms with E-state index < -0.39 is 11.1 Å². The van der Waals surface area contributed by atoms with Crippen LogP contribution in [0.1, 0.15) is 70.2 Å². The first-order valence-electron chi connectivity index (χ1n) is 22.0. The predicted octanol–water partition coefficient (Wildman–Crippen LogP) is 7.33. The van der Waals surface area contributed by atoms with Gasteiger partial charge < -0.3 is 29.6 Å². The maximum absolute atomic E-state index is 13.3. The summed E-state index contributed by atoms with van der Waals surface area (Å²) < 4.78 is 21.3. The molecule has 0 radical (unpaired) electrons. The summed E-state index contributed by atoms with van der Waals surface area (Å²) in [7, 11) is 6.54. The smallest absolute Gasteiger partial charge is 0.325 e. The Morgan fingerprint density at radius 1 is 0.523 bits per heavy atom. The van der Waals surface area contributed by atoms with Crippen molar-refractivity contribution >= 4 is 35.5 Å². The Labute approximate surface area is 387 Å². The van der Waals surface area contributed by atoms with Gasteiger partial charge in [0.1, 0.15) is 34.1 Å². The van der Waals surface area contributed by atoms with Gasteiger partial charge in [-0.3, -0.25) is 29.6 Å². The first-order valence-corrected chi connectivity index (χ1v) is 22.5. The van der Waals surface area contributed by atoms with Crippen molar-refractivity contribution in [1.29, 1.82) is 0 Å². The molecule has 15 heteroatoms. The minimum Gasteiger partial charge on any atom is -0.497 e. The summed E-state index contributed by atoms with van der Waals surface area (Å²) in [5.41, 5.74) is 7.84. The van der Waals surface area contributed by atoms with E-state index in [1.54, 1.807) is 28.4 Å². The number of halogens is 1. The molecule has 4 fully saturated rings. The van der Waals surface area contributed by atoms with E-state index in [9.17, 15) is 19.2 Å². The number of piperidine rings is 2. The fraction of sp³-hybridized carbons (Fsp3) is 0.440. The van der Waals surface area contributed by atoms with Gasteiger partial charge in [-0.1, -0.05) is 36.4 Å². The zero-order chi connectivity index (χ0) is 46.9. The number of carbonyl (C=O) groups excluding carboxylic acids is 4. The van der Waals surface area contributed by atoms with Crippen molar-refractivity contribution in [2.75, 3.05) is 54.6 Å². The Morgan fingerprint density at radius 3 is 1.35 bits per heavy atom. The van der Waals surface area contributed by atoms with E-state index in [1.165, 1.54) is 27.2 Å². The van der Waals surface area contributed by atoms with Crippen molar-refractivity contribution in [1.82, 2.24) is 30.7 Å². The minimum atomic E-state index is -0.792. The van der Waals surface area contributed by atoms with Crippen LogP contribution in [-0.4, -0.2) is 104 Å². The maximum atomic E-state index is 13.3. The normalized spacial score (nSPS) is 17.6. The first kappa shape index (κ1) is 48.6. The monoisotopic (exact) mass is 910 g/mol. The van der Waals surface area contributed by atoms with E-state index in [0.717, 1.165) is 84.5 Å². The molecule has 0 atom stereocenters. The van der Waals surface area contributed by atoms with Crippen molar-refractivity contribution in [3.63, 3.8) is 0 Å². The Morgan fingerprint density at radius 2 is 0.954 bits per heavy atom. The SMILES string of the molecule is COc1cc(CN2CCC3(CC2)NC(=O)N(Cc2ccc(C)c(C)c2)C3=O)cc(OC)c1.COc1cc(CN2CCC3(CC2)NC(=O)NC3=O)cc(OC)c1.Cc1ccc(CCl)cc1C. The molecule has 0 unspecified atom stereocenters. The van der Waals surface area contributed by atoms with E-state index >= 15 is 0 Å². The second-order valence-electron chi connectivity index (χ2n) is 17.4. The average molecular weight is 912 g/mol. The molecule has 0 bridgehead atoms. The summed E-state index contributed by atoms with van der Waals surface area (Å²) in [4.78, 5) is 55.2. The highest BCUT2D eigenvalue weighted by molar-refractivity contribution is 6.17. The number of hydrogen-bond acceptors (Lipinski definition) is 10. The van der Waals surface area contributed by atoms with Gasteiger partial charge >= 0.3 is 12.1 Å². The number of rotatable bonds is 11. The molecular formula is C50H63ClN6O8. The van der Waals surface area contributed by atoms with Crippen LogP contribution in [0.4, 0.5) is 9.59 Å². The standard InChI is InChI=1S/C25H31N3O4.C16H21N3O4.C9H11Cl/c1-17-5-6-19(11-18(17)2)16-28-23(29)25(26-24(28)30)7-9-27(10-8-25)15-20-12-21(31-3)14-22(13-20)32-4;1-22-12-7-11(8-13(9-12)23-2)10-19-5-3-16(4-6-19)14(20)17-15(21)18-16;1-7-3-4-9(6-10)5-8(7)2/h5-6,11-14H,7-10,15-16H2,1-4H3,(H,26,30);7-9H,3-6,10H2,1-2H3,(H2,17,18,20,21);3-5H,6H2,1-2H3. The number of ether oxygens (including phenoxy) is 4. The molecule has 65 heavy (non-hydrogen) atoms. The first-order chi connectivity index (χ1) is 31.1.